The maximum atomic E-state index is 9.94. The molecule has 0 spiro atoms. The molecule has 2 rings (SSSR count). The fourth-order valence-electron chi connectivity index (χ4n) is 2.35. The van der Waals surface area contributed by atoms with Crippen LogP contribution in [-0.2, 0) is 4.74 Å². The molecule has 1 atom stereocenters. The maximum absolute atomic E-state index is 9.94. The molecule has 0 aromatic carbocycles. The zero-order chi connectivity index (χ0) is 12.8. The standard InChI is InChI=1S/C13H20ClNO2S/c14-12-9-15-13(18-12)11(16)4-2-1-3-10-5-7-17-8-6-10/h9-11,16H,1-8H2. The van der Waals surface area contributed by atoms with Gasteiger partial charge in [-0.1, -0.05) is 30.9 Å². The molecular weight excluding hydrogens is 270 g/mol. The summed E-state index contributed by atoms with van der Waals surface area (Å²) in [5.74, 6) is 0.824. The molecular formula is C13H20ClNO2S. The summed E-state index contributed by atoms with van der Waals surface area (Å²) in [5.41, 5.74) is 0. The number of aromatic nitrogens is 1. The van der Waals surface area contributed by atoms with Gasteiger partial charge >= 0.3 is 0 Å². The van der Waals surface area contributed by atoms with Crippen LogP contribution in [0.1, 0.15) is 49.6 Å². The molecule has 1 aliphatic heterocycles. The van der Waals surface area contributed by atoms with Gasteiger partial charge in [0.25, 0.3) is 0 Å². The lowest BCUT2D eigenvalue weighted by Gasteiger charge is -2.21. The third-order valence-corrected chi connectivity index (χ3v) is 4.68. The highest BCUT2D eigenvalue weighted by Gasteiger charge is 2.15. The highest BCUT2D eigenvalue weighted by Crippen LogP contribution is 2.28. The van der Waals surface area contributed by atoms with Crippen molar-refractivity contribution in [2.75, 3.05) is 13.2 Å². The normalized spacial score (nSPS) is 19.0. The smallest absolute Gasteiger partial charge is 0.123 e. The molecule has 5 heteroatoms. The van der Waals surface area contributed by atoms with E-state index >= 15 is 0 Å². The van der Waals surface area contributed by atoms with Gasteiger partial charge in [0, 0.05) is 13.2 Å². The Morgan fingerprint density at radius 1 is 1.44 bits per heavy atom. The van der Waals surface area contributed by atoms with Crippen molar-refractivity contribution in [3.8, 4) is 0 Å². The van der Waals surface area contributed by atoms with E-state index in [0.29, 0.717) is 4.34 Å². The van der Waals surface area contributed by atoms with Gasteiger partial charge in [-0.2, -0.15) is 0 Å². The van der Waals surface area contributed by atoms with Gasteiger partial charge in [0.15, 0.2) is 0 Å². The average Bonchev–Trinajstić information content (AvgIpc) is 2.82. The number of aliphatic hydroxyl groups is 1. The van der Waals surface area contributed by atoms with Crippen LogP contribution in [0.4, 0.5) is 0 Å². The Bertz CT molecular complexity index is 353. The summed E-state index contributed by atoms with van der Waals surface area (Å²) in [7, 11) is 0. The highest BCUT2D eigenvalue weighted by atomic mass is 35.5. The Morgan fingerprint density at radius 3 is 2.89 bits per heavy atom. The van der Waals surface area contributed by atoms with Gasteiger partial charge in [-0.05, 0) is 25.2 Å². The van der Waals surface area contributed by atoms with Gasteiger partial charge in [-0.3, -0.25) is 0 Å². The first-order valence-corrected chi connectivity index (χ1v) is 7.82. The molecule has 0 radical (unpaired) electrons. The van der Waals surface area contributed by atoms with Crippen LogP contribution in [0.15, 0.2) is 6.20 Å². The molecule has 102 valence electrons. The predicted octanol–water partition coefficient (Wildman–Crippen LogP) is 3.82. The second-order valence-electron chi connectivity index (χ2n) is 4.86. The number of hydrogen-bond donors (Lipinski definition) is 1. The Hall–Kier alpha value is -0.160. The van der Waals surface area contributed by atoms with E-state index in [4.69, 9.17) is 16.3 Å². The Labute approximate surface area is 117 Å². The summed E-state index contributed by atoms with van der Waals surface area (Å²) >= 11 is 7.17. The van der Waals surface area contributed by atoms with E-state index in [0.717, 1.165) is 37.0 Å². The van der Waals surface area contributed by atoms with Crippen LogP contribution in [-0.4, -0.2) is 23.3 Å². The Kier molecular flexibility index (Phi) is 5.89. The van der Waals surface area contributed by atoms with Crippen molar-refractivity contribution in [1.82, 2.24) is 4.98 Å². The molecule has 1 fully saturated rings. The van der Waals surface area contributed by atoms with Crippen LogP contribution in [0.2, 0.25) is 4.34 Å². The van der Waals surface area contributed by atoms with Crippen molar-refractivity contribution in [3.63, 3.8) is 0 Å². The van der Waals surface area contributed by atoms with Gasteiger partial charge in [-0.25, -0.2) is 4.98 Å². The first-order chi connectivity index (χ1) is 8.75. The van der Waals surface area contributed by atoms with E-state index < -0.39 is 6.10 Å². The third kappa shape index (κ3) is 4.50. The SMILES string of the molecule is OC(CCCCC1CCOCC1)c1ncc(Cl)s1. The first kappa shape index (κ1) is 14.3. The number of thiazole rings is 1. The summed E-state index contributed by atoms with van der Waals surface area (Å²) in [6, 6.07) is 0. The van der Waals surface area contributed by atoms with Crippen molar-refractivity contribution >= 4 is 22.9 Å². The van der Waals surface area contributed by atoms with Crippen molar-refractivity contribution in [3.05, 3.63) is 15.5 Å². The lowest BCUT2D eigenvalue weighted by molar-refractivity contribution is 0.0626. The minimum atomic E-state index is -0.447. The number of unbranched alkanes of at least 4 members (excludes halogenated alkanes) is 1. The molecule has 1 aromatic heterocycles. The van der Waals surface area contributed by atoms with Crippen LogP contribution in [0, 0.1) is 5.92 Å². The van der Waals surface area contributed by atoms with Crippen LogP contribution in [0.3, 0.4) is 0 Å². The largest absolute Gasteiger partial charge is 0.386 e. The van der Waals surface area contributed by atoms with Crippen LogP contribution < -0.4 is 0 Å². The van der Waals surface area contributed by atoms with Gasteiger partial charge in [0.1, 0.15) is 15.4 Å². The van der Waals surface area contributed by atoms with E-state index in [1.807, 2.05) is 0 Å². The molecule has 3 nitrogen and oxygen atoms in total. The second kappa shape index (κ2) is 7.43. The lowest BCUT2D eigenvalue weighted by Crippen LogP contribution is -2.15. The number of aliphatic hydroxyl groups excluding tert-OH is 1. The zero-order valence-electron chi connectivity index (χ0n) is 10.5. The highest BCUT2D eigenvalue weighted by molar-refractivity contribution is 7.15. The number of hydrogen-bond acceptors (Lipinski definition) is 4. The summed E-state index contributed by atoms with van der Waals surface area (Å²) in [4.78, 5) is 4.10. The van der Waals surface area contributed by atoms with Gasteiger partial charge in [0.05, 0.1) is 6.20 Å². The molecule has 18 heavy (non-hydrogen) atoms. The summed E-state index contributed by atoms with van der Waals surface area (Å²) in [5, 5.41) is 10.7. The molecule has 1 unspecified atom stereocenters. The third-order valence-electron chi connectivity index (χ3n) is 3.46. The second-order valence-corrected chi connectivity index (χ2v) is 6.55. The molecule has 1 aromatic rings. The molecule has 1 aliphatic rings. The zero-order valence-corrected chi connectivity index (χ0v) is 12.1. The molecule has 1 N–H and O–H groups in total. The van der Waals surface area contributed by atoms with E-state index in [-0.39, 0.29) is 0 Å². The Morgan fingerprint density at radius 2 is 2.22 bits per heavy atom. The van der Waals surface area contributed by atoms with E-state index in [2.05, 4.69) is 4.98 Å². The number of rotatable bonds is 6. The van der Waals surface area contributed by atoms with Crippen molar-refractivity contribution in [1.29, 1.82) is 0 Å². The quantitative estimate of drug-likeness (QED) is 0.810. The van der Waals surface area contributed by atoms with Crippen LogP contribution in [0.5, 0.6) is 0 Å². The minimum Gasteiger partial charge on any atom is -0.386 e. The van der Waals surface area contributed by atoms with Gasteiger partial charge < -0.3 is 9.84 Å². The first-order valence-electron chi connectivity index (χ1n) is 6.62. The number of nitrogens with zero attached hydrogens (tertiary/aromatic N) is 1. The lowest BCUT2D eigenvalue weighted by atomic mass is 9.93. The topological polar surface area (TPSA) is 42.4 Å². The molecule has 0 saturated carbocycles. The fraction of sp³-hybridized carbons (Fsp3) is 0.769. The van der Waals surface area contributed by atoms with Crippen molar-refractivity contribution in [2.24, 2.45) is 5.92 Å². The predicted molar refractivity (Wildman–Crippen MR) is 74.1 cm³/mol. The Balaban J connectivity index is 1.60. The van der Waals surface area contributed by atoms with E-state index in [1.54, 1.807) is 6.20 Å². The van der Waals surface area contributed by atoms with Crippen molar-refractivity contribution in [2.45, 2.75) is 44.6 Å². The molecule has 0 aliphatic carbocycles. The van der Waals surface area contributed by atoms with E-state index in [9.17, 15) is 5.11 Å². The fourth-order valence-corrected chi connectivity index (χ4v) is 3.30. The molecule has 0 amide bonds. The minimum absolute atomic E-state index is 0.447. The number of ether oxygens (including phenoxy) is 1. The molecule has 1 saturated heterocycles. The van der Waals surface area contributed by atoms with Crippen LogP contribution >= 0.6 is 22.9 Å². The summed E-state index contributed by atoms with van der Waals surface area (Å²) in [6.45, 7) is 1.84. The van der Waals surface area contributed by atoms with E-state index in [1.165, 1.54) is 37.0 Å². The monoisotopic (exact) mass is 289 g/mol. The summed E-state index contributed by atoms with van der Waals surface area (Å²) < 4.78 is 5.99. The van der Waals surface area contributed by atoms with Gasteiger partial charge in [0.2, 0.25) is 0 Å². The van der Waals surface area contributed by atoms with Crippen molar-refractivity contribution < 1.29 is 9.84 Å². The average molecular weight is 290 g/mol. The van der Waals surface area contributed by atoms with Crippen LogP contribution in [0.25, 0.3) is 0 Å². The number of halogens is 1. The summed E-state index contributed by atoms with van der Waals surface area (Å²) in [6.07, 6.45) is 7.83. The van der Waals surface area contributed by atoms with Gasteiger partial charge in [-0.15, -0.1) is 11.3 Å². The molecule has 2 heterocycles. The maximum Gasteiger partial charge on any atom is 0.123 e. The molecule has 0 bridgehead atoms.